The van der Waals surface area contributed by atoms with Crippen molar-refractivity contribution in [2.45, 2.75) is 59.3 Å². The van der Waals surface area contributed by atoms with E-state index in [1.807, 2.05) is 71.9 Å². The first-order chi connectivity index (χ1) is 9.79. The van der Waals surface area contributed by atoms with Crippen molar-refractivity contribution in [1.29, 1.82) is 0 Å². The molecule has 0 saturated carbocycles. The number of nitrogens with zero attached hydrogens (tertiary/aromatic N) is 1. The molecule has 0 bridgehead atoms. The zero-order valence-corrected chi connectivity index (χ0v) is 19.0. The summed E-state index contributed by atoms with van der Waals surface area (Å²) >= 11 is 4.08. The molecule has 1 aromatic carbocycles. The van der Waals surface area contributed by atoms with E-state index in [-0.39, 0.29) is 32.7 Å². The van der Waals surface area contributed by atoms with Gasteiger partial charge in [-0.3, -0.25) is 0 Å². The van der Waals surface area contributed by atoms with Gasteiger partial charge in [0.25, 0.3) is 0 Å². The maximum Gasteiger partial charge on any atom is 0.00399 e. The first-order valence-corrected chi connectivity index (χ1v) is 8.48. The van der Waals surface area contributed by atoms with Crippen LogP contribution in [0.4, 0.5) is 0 Å². The molecule has 3 heteroatoms. The summed E-state index contributed by atoms with van der Waals surface area (Å²) in [6.45, 7) is 14.5. The maximum absolute atomic E-state index is 4.08. The fraction of sp³-hybridized carbons (Fsp3) is 0.611. The molecule has 0 spiro atoms. The summed E-state index contributed by atoms with van der Waals surface area (Å²) in [5.41, 5.74) is 0. The predicted octanol–water partition coefficient (Wildman–Crippen LogP) is 5.97. The standard InChI is InChI=1S/C6H12N.C6H6S.3C2H6.Y/c1-7-5-3-2-4-6-7;7-6-4-2-1-3-5-6;3*1-2;/h2H,3-6H2,1H3;1-5,7H;3*1-2H3;/q-1;;;;;. The zero-order valence-electron chi connectivity index (χ0n) is 15.3. The van der Waals surface area contributed by atoms with Crippen molar-refractivity contribution < 1.29 is 32.7 Å². The van der Waals surface area contributed by atoms with Gasteiger partial charge in [0.15, 0.2) is 0 Å². The molecular weight excluding hydrogens is 351 g/mol. The Hall–Kier alpha value is 0.634. The fourth-order valence-electron chi connectivity index (χ4n) is 1.31. The van der Waals surface area contributed by atoms with E-state index in [2.05, 4.69) is 31.0 Å². The molecule has 1 nitrogen and oxygen atoms in total. The Kier molecular flexibility index (Phi) is 40.5. The predicted molar refractivity (Wildman–Crippen MR) is 98.8 cm³/mol. The molecule has 1 heterocycles. The molecule has 1 fully saturated rings. The molecule has 21 heavy (non-hydrogen) atoms. The Labute approximate surface area is 165 Å². The number of piperidine rings is 1. The third-order valence-corrected chi connectivity index (χ3v) is 2.48. The van der Waals surface area contributed by atoms with Gasteiger partial charge in [-0.2, -0.15) is 12.8 Å². The maximum atomic E-state index is 4.08. The van der Waals surface area contributed by atoms with E-state index in [1.54, 1.807) is 0 Å². The van der Waals surface area contributed by atoms with Crippen LogP contribution >= 0.6 is 12.6 Å². The summed E-state index contributed by atoms with van der Waals surface area (Å²) in [5.74, 6) is 0. The van der Waals surface area contributed by atoms with Crippen LogP contribution in [0.2, 0.25) is 0 Å². The number of benzene rings is 1. The van der Waals surface area contributed by atoms with Crippen LogP contribution in [0.3, 0.4) is 0 Å². The van der Waals surface area contributed by atoms with E-state index in [1.165, 1.54) is 25.9 Å². The smallest absolute Gasteiger partial charge is 0.00399 e. The van der Waals surface area contributed by atoms with Crippen LogP contribution in [0, 0.1) is 6.42 Å². The van der Waals surface area contributed by atoms with Crippen LogP contribution in [-0.4, -0.2) is 25.0 Å². The van der Waals surface area contributed by atoms with Gasteiger partial charge in [-0.1, -0.05) is 59.7 Å². The molecular formula is C18H36NSY-. The van der Waals surface area contributed by atoms with E-state index < -0.39 is 0 Å². The number of thiol groups is 1. The Morgan fingerprint density at radius 3 is 1.43 bits per heavy atom. The average Bonchev–Trinajstić information content (AvgIpc) is 2.55. The Morgan fingerprint density at radius 1 is 0.857 bits per heavy atom. The van der Waals surface area contributed by atoms with Crippen LogP contribution < -0.4 is 0 Å². The summed E-state index contributed by atoms with van der Waals surface area (Å²) in [7, 11) is 2.17. The first-order valence-electron chi connectivity index (χ1n) is 8.03. The van der Waals surface area contributed by atoms with Crippen molar-refractivity contribution in [1.82, 2.24) is 4.90 Å². The summed E-state index contributed by atoms with van der Waals surface area (Å²) in [6.07, 6.45) is 4.94. The molecule has 0 N–H and O–H groups in total. The molecule has 1 aromatic rings. The van der Waals surface area contributed by atoms with Gasteiger partial charge >= 0.3 is 0 Å². The molecule has 1 aliphatic heterocycles. The van der Waals surface area contributed by atoms with Gasteiger partial charge < -0.3 is 11.3 Å². The van der Waals surface area contributed by atoms with Crippen LogP contribution in [0.15, 0.2) is 35.2 Å². The molecule has 123 valence electrons. The van der Waals surface area contributed by atoms with E-state index in [9.17, 15) is 0 Å². The van der Waals surface area contributed by atoms with Crippen molar-refractivity contribution in [3.63, 3.8) is 0 Å². The van der Waals surface area contributed by atoms with Crippen molar-refractivity contribution in [3.8, 4) is 0 Å². The summed E-state index contributed by atoms with van der Waals surface area (Å²) in [5, 5.41) is 0. The zero-order chi connectivity index (χ0) is 16.2. The largest absolute Gasteiger partial charge is 0.326 e. The minimum atomic E-state index is 0. The minimum Gasteiger partial charge on any atom is -0.326 e. The third-order valence-electron chi connectivity index (χ3n) is 2.19. The van der Waals surface area contributed by atoms with Gasteiger partial charge in [0.05, 0.1) is 0 Å². The SMILES string of the molecule is CC.CC.CC.CN1CC[CH-]CC1.Sc1ccccc1.[Y]. The molecule has 0 aromatic heterocycles. The normalized spacial score (nSPS) is 12.2. The van der Waals surface area contributed by atoms with E-state index in [0.29, 0.717) is 0 Å². The second kappa shape index (κ2) is 28.7. The van der Waals surface area contributed by atoms with Gasteiger partial charge in [0, 0.05) is 37.6 Å². The topological polar surface area (TPSA) is 3.24 Å². The van der Waals surface area contributed by atoms with Gasteiger partial charge in [-0.25, -0.2) is 0 Å². The number of rotatable bonds is 0. The molecule has 1 radical (unpaired) electrons. The van der Waals surface area contributed by atoms with E-state index in [4.69, 9.17) is 0 Å². The summed E-state index contributed by atoms with van der Waals surface area (Å²) < 4.78 is 0. The molecule has 1 saturated heterocycles. The number of likely N-dealkylation sites (tertiary alicyclic amines) is 1. The van der Waals surface area contributed by atoms with Crippen molar-refractivity contribution in [2.24, 2.45) is 0 Å². The Bertz CT molecular complexity index is 236. The van der Waals surface area contributed by atoms with Crippen molar-refractivity contribution in [2.75, 3.05) is 20.1 Å². The van der Waals surface area contributed by atoms with Crippen LogP contribution in [0.5, 0.6) is 0 Å². The number of hydrogen-bond donors (Lipinski definition) is 1. The molecule has 1 aliphatic rings. The molecule has 0 atom stereocenters. The Balaban J connectivity index is -0.0000000984. The molecule has 2 rings (SSSR count). The molecule has 0 aliphatic carbocycles. The van der Waals surface area contributed by atoms with Crippen molar-refractivity contribution in [3.05, 3.63) is 36.8 Å². The number of hydrogen-bond acceptors (Lipinski definition) is 2. The van der Waals surface area contributed by atoms with Crippen molar-refractivity contribution >= 4 is 12.6 Å². The van der Waals surface area contributed by atoms with Crippen LogP contribution in [-0.2, 0) is 32.7 Å². The van der Waals surface area contributed by atoms with E-state index >= 15 is 0 Å². The first kappa shape index (κ1) is 29.6. The molecule has 0 unspecified atom stereocenters. The molecule has 0 amide bonds. The summed E-state index contributed by atoms with van der Waals surface area (Å²) in [4.78, 5) is 3.38. The average molecular weight is 387 g/mol. The quantitative estimate of drug-likeness (QED) is 0.424. The minimum absolute atomic E-state index is 0. The third kappa shape index (κ3) is 25.9. The second-order valence-corrected chi connectivity index (χ2v) is 4.02. The van der Waals surface area contributed by atoms with Gasteiger partial charge in [-0.15, -0.1) is 12.6 Å². The van der Waals surface area contributed by atoms with Gasteiger partial charge in [0.2, 0.25) is 0 Å². The van der Waals surface area contributed by atoms with Crippen LogP contribution in [0.25, 0.3) is 0 Å². The van der Waals surface area contributed by atoms with Crippen LogP contribution in [0.1, 0.15) is 54.4 Å². The second-order valence-electron chi connectivity index (χ2n) is 3.50. The monoisotopic (exact) mass is 387 g/mol. The van der Waals surface area contributed by atoms with Gasteiger partial charge in [-0.05, 0) is 32.3 Å². The van der Waals surface area contributed by atoms with Gasteiger partial charge in [0.1, 0.15) is 0 Å². The summed E-state index contributed by atoms with van der Waals surface area (Å²) in [6, 6.07) is 9.79. The fourth-order valence-corrected chi connectivity index (χ4v) is 1.48. The van der Waals surface area contributed by atoms with E-state index in [0.717, 1.165) is 4.90 Å². The Morgan fingerprint density at radius 2 is 1.24 bits per heavy atom.